The van der Waals surface area contributed by atoms with Crippen molar-refractivity contribution in [2.24, 2.45) is 5.92 Å². The number of hydrogen-bond acceptors (Lipinski definition) is 3. The summed E-state index contributed by atoms with van der Waals surface area (Å²) in [7, 11) is 0. The summed E-state index contributed by atoms with van der Waals surface area (Å²) in [4.78, 5) is 11.9. The van der Waals surface area contributed by atoms with Crippen molar-refractivity contribution in [2.75, 3.05) is 0 Å². The Balaban J connectivity index is 1.69. The Morgan fingerprint density at radius 3 is 3.05 bits per heavy atom. The Hall–Kier alpha value is -1.91. The maximum atomic E-state index is 11.9. The van der Waals surface area contributed by atoms with Crippen LogP contribution >= 0.6 is 0 Å². The largest absolute Gasteiger partial charge is 0.346 e. The van der Waals surface area contributed by atoms with Crippen LogP contribution in [0.4, 0.5) is 0 Å². The fourth-order valence-electron chi connectivity index (χ4n) is 2.48. The monoisotopic (exact) mass is 258 g/mol. The lowest BCUT2D eigenvalue weighted by Gasteiger charge is -2.25. The number of aromatic nitrogens is 3. The van der Waals surface area contributed by atoms with E-state index < -0.39 is 0 Å². The molecule has 2 heterocycles. The zero-order chi connectivity index (χ0) is 13.2. The highest BCUT2D eigenvalue weighted by molar-refractivity contribution is 5.76. The highest BCUT2D eigenvalue weighted by Crippen LogP contribution is 2.29. The standard InChI is InChI=1S/C14H18N4O/c1-10(15-13(19)9-11-5-4-6-11)14-17-16-12-7-2-3-8-18(12)14/h2-3,7-8,10-11H,4-6,9H2,1H3,(H,15,19)/t10-/m1/s1. The third-order valence-electron chi connectivity index (χ3n) is 3.80. The molecule has 1 aliphatic rings. The summed E-state index contributed by atoms with van der Waals surface area (Å²) in [6.07, 6.45) is 6.20. The first-order chi connectivity index (χ1) is 9.24. The summed E-state index contributed by atoms with van der Waals surface area (Å²) in [6, 6.07) is 5.64. The van der Waals surface area contributed by atoms with Crippen molar-refractivity contribution < 1.29 is 4.79 Å². The summed E-state index contributed by atoms with van der Waals surface area (Å²) in [6.45, 7) is 1.95. The molecular formula is C14H18N4O. The Labute approximate surface area is 112 Å². The van der Waals surface area contributed by atoms with Gasteiger partial charge in [-0.05, 0) is 37.8 Å². The molecule has 1 atom stereocenters. The molecule has 1 N–H and O–H groups in total. The highest BCUT2D eigenvalue weighted by atomic mass is 16.1. The molecule has 0 unspecified atom stereocenters. The van der Waals surface area contributed by atoms with Crippen molar-refractivity contribution in [3.63, 3.8) is 0 Å². The maximum Gasteiger partial charge on any atom is 0.220 e. The van der Waals surface area contributed by atoms with Crippen LogP contribution in [-0.4, -0.2) is 20.5 Å². The van der Waals surface area contributed by atoms with Crippen molar-refractivity contribution in [3.8, 4) is 0 Å². The van der Waals surface area contributed by atoms with Crippen molar-refractivity contribution in [2.45, 2.75) is 38.6 Å². The molecule has 0 spiro atoms. The van der Waals surface area contributed by atoms with Crippen LogP contribution in [0.15, 0.2) is 24.4 Å². The lowest BCUT2D eigenvalue weighted by molar-refractivity contribution is -0.123. The molecule has 5 nitrogen and oxygen atoms in total. The predicted octanol–water partition coefficient (Wildman–Crippen LogP) is 2.10. The van der Waals surface area contributed by atoms with E-state index in [1.54, 1.807) is 0 Å². The van der Waals surface area contributed by atoms with Gasteiger partial charge in [0.25, 0.3) is 0 Å². The molecule has 2 aromatic rings. The Morgan fingerprint density at radius 2 is 2.32 bits per heavy atom. The summed E-state index contributed by atoms with van der Waals surface area (Å²) in [5.74, 6) is 1.48. The van der Waals surface area contributed by atoms with Crippen LogP contribution in [0, 0.1) is 5.92 Å². The Morgan fingerprint density at radius 1 is 1.47 bits per heavy atom. The first kappa shape index (κ1) is 12.1. The number of nitrogens with one attached hydrogen (secondary N) is 1. The van der Waals surface area contributed by atoms with E-state index in [0.29, 0.717) is 12.3 Å². The van der Waals surface area contributed by atoms with Gasteiger partial charge in [-0.1, -0.05) is 12.5 Å². The second-order valence-corrected chi connectivity index (χ2v) is 5.28. The molecule has 5 heteroatoms. The molecule has 100 valence electrons. The van der Waals surface area contributed by atoms with Gasteiger partial charge in [0.1, 0.15) is 0 Å². The lowest BCUT2D eigenvalue weighted by atomic mass is 9.83. The second-order valence-electron chi connectivity index (χ2n) is 5.28. The molecule has 1 saturated carbocycles. The summed E-state index contributed by atoms with van der Waals surface area (Å²) in [5.41, 5.74) is 0.803. The van der Waals surface area contributed by atoms with Gasteiger partial charge >= 0.3 is 0 Å². The smallest absolute Gasteiger partial charge is 0.220 e. The predicted molar refractivity (Wildman–Crippen MR) is 71.5 cm³/mol. The first-order valence-electron chi connectivity index (χ1n) is 6.83. The minimum atomic E-state index is -0.120. The molecule has 0 bridgehead atoms. The fourth-order valence-corrected chi connectivity index (χ4v) is 2.48. The molecule has 19 heavy (non-hydrogen) atoms. The third kappa shape index (κ3) is 2.45. The quantitative estimate of drug-likeness (QED) is 0.913. The summed E-state index contributed by atoms with van der Waals surface area (Å²) < 4.78 is 1.91. The number of hydrogen-bond donors (Lipinski definition) is 1. The van der Waals surface area contributed by atoms with Crippen molar-refractivity contribution in [1.82, 2.24) is 19.9 Å². The van der Waals surface area contributed by atoms with Gasteiger partial charge in [-0.3, -0.25) is 9.20 Å². The van der Waals surface area contributed by atoms with Crippen molar-refractivity contribution in [3.05, 3.63) is 30.2 Å². The molecule has 0 aliphatic heterocycles. The normalized spacial score (nSPS) is 17.1. The van der Waals surface area contributed by atoms with Crippen LogP contribution in [0.1, 0.15) is 44.5 Å². The third-order valence-corrected chi connectivity index (χ3v) is 3.80. The van der Waals surface area contributed by atoms with E-state index in [1.807, 2.05) is 35.7 Å². The molecule has 3 rings (SSSR count). The van der Waals surface area contributed by atoms with Crippen molar-refractivity contribution >= 4 is 11.6 Å². The minimum Gasteiger partial charge on any atom is -0.346 e. The molecule has 1 amide bonds. The van der Waals surface area contributed by atoms with Gasteiger partial charge in [-0.15, -0.1) is 10.2 Å². The van der Waals surface area contributed by atoms with E-state index >= 15 is 0 Å². The first-order valence-corrected chi connectivity index (χ1v) is 6.83. The van der Waals surface area contributed by atoms with Crippen LogP contribution < -0.4 is 5.32 Å². The average Bonchev–Trinajstić information content (AvgIpc) is 2.77. The molecular weight excluding hydrogens is 240 g/mol. The number of carbonyl (C=O) groups excluding carboxylic acids is 1. The van der Waals surface area contributed by atoms with E-state index in [1.165, 1.54) is 19.3 Å². The fraction of sp³-hybridized carbons (Fsp3) is 0.500. The van der Waals surface area contributed by atoms with Crippen LogP contribution in [-0.2, 0) is 4.79 Å². The zero-order valence-corrected chi connectivity index (χ0v) is 11.0. The zero-order valence-electron chi connectivity index (χ0n) is 11.0. The maximum absolute atomic E-state index is 11.9. The molecule has 0 radical (unpaired) electrons. The Bertz CT molecular complexity index is 588. The molecule has 2 aromatic heterocycles. The van der Waals surface area contributed by atoms with Crippen molar-refractivity contribution in [1.29, 1.82) is 0 Å². The van der Waals surface area contributed by atoms with E-state index in [0.717, 1.165) is 11.5 Å². The molecule has 0 aromatic carbocycles. The highest BCUT2D eigenvalue weighted by Gasteiger charge is 2.22. The number of pyridine rings is 1. The number of carbonyl (C=O) groups is 1. The van der Waals surface area contributed by atoms with Crippen LogP contribution in [0.2, 0.25) is 0 Å². The topological polar surface area (TPSA) is 59.3 Å². The molecule has 1 fully saturated rings. The summed E-state index contributed by atoms with van der Waals surface area (Å²) >= 11 is 0. The Kier molecular flexibility index (Phi) is 3.19. The van der Waals surface area contributed by atoms with E-state index in [9.17, 15) is 4.79 Å². The average molecular weight is 258 g/mol. The lowest BCUT2D eigenvalue weighted by Crippen LogP contribution is -2.30. The minimum absolute atomic E-state index is 0.116. The van der Waals surface area contributed by atoms with E-state index in [2.05, 4.69) is 15.5 Å². The van der Waals surface area contributed by atoms with E-state index in [-0.39, 0.29) is 11.9 Å². The number of rotatable bonds is 4. The van der Waals surface area contributed by atoms with E-state index in [4.69, 9.17) is 0 Å². The molecule has 1 aliphatic carbocycles. The number of nitrogens with zero attached hydrogens (tertiary/aromatic N) is 3. The SMILES string of the molecule is C[C@@H](NC(=O)CC1CCC1)c1nnc2ccccn12. The van der Waals surface area contributed by atoms with Gasteiger partial charge in [0.2, 0.25) is 5.91 Å². The number of fused-ring (bicyclic) bond motifs is 1. The van der Waals surface area contributed by atoms with Crippen LogP contribution in [0.3, 0.4) is 0 Å². The van der Waals surface area contributed by atoms with Gasteiger partial charge in [0.15, 0.2) is 11.5 Å². The summed E-state index contributed by atoms with van der Waals surface area (Å²) in [5, 5.41) is 11.3. The van der Waals surface area contributed by atoms with Gasteiger partial charge < -0.3 is 5.32 Å². The van der Waals surface area contributed by atoms with Crippen LogP contribution in [0.25, 0.3) is 5.65 Å². The van der Waals surface area contributed by atoms with Gasteiger partial charge in [0, 0.05) is 12.6 Å². The second kappa shape index (κ2) is 4.99. The van der Waals surface area contributed by atoms with Gasteiger partial charge in [-0.25, -0.2) is 0 Å². The van der Waals surface area contributed by atoms with Crippen LogP contribution in [0.5, 0.6) is 0 Å². The molecule has 0 saturated heterocycles. The van der Waals surface area contributed by atoms with Gasteiger partial charge in [0.05, 0.1) is 6.04 Å². The number of amides is 1. The van der Waals surface area contributed by atoms with Gasteiger partial charge in [-0.2, -0.15) is 0 Å².